The lowest BCUT2D eigenvalue weighted by Crippen LogP contribution is -2.65. The molecule has 3 N–H and O–H groups in total. The molecule has 1 aromatic carbocycles. The normalized spacial score (nSPS) is 20.1. The number of aliphatic hydroxyl groups excluding tert-OH is 1. The van der Waals surface area contributed by atoms with Crippen molar-refractivity contribution < 1.29 is 27.9 Å². The fraction of sp³-hybridized carbons (Fsp3) is 0.333. The quantitative estimate of drug-likeness (QED) is 0.686. The number of alkyl halides is 3. The summed E-state index contributed by atoms with van der Waals surface area (Å²) in [5.74, 6) is -1.91. The molecule has 0 saturated carbocycles. The van der Waals surface area contributed by atoms with Gasteiger partial charge in [0.25, 0.3) is 0 Å². The molecular weight excluding hydrogens is 291 g/mol. The van der Waals surface area contributed by atoms with Gasteiger partial charge in [-0.1, -0.05) is 18.2 Å². The number of carbonyl (C=O) groups is 2. The number of hydrogen-bond donors (Lipinski definition) is 3. The van der Waals surface area contributed by atoms with Crippen LogP contribution >= 0.6 is 0 Å². The third kappa shape index (κ3) is 3.70. The summed E-state index contributed by atoms with van der Waals surface area (Å²) in [5.41, 5.74) is 1.77. The molecule has 1 heterocycles. The van der Waals surface area contributed by atoms with Crippen LogP contribution in [0.25, 0.3) is 0 Å². The average Bonchev–Trinajstić information content (AvgIpc) is 2.41. The van der Waals surface area contributed by atoms with Crippen molar-refractivity contribution in [2.75, 3.05) is 6.54 Å². The smallest absolute Gasteiger partial charge is 0.360 e. The van der Waals surface area contributed by atoms with Gasteiger partial charge in [0.15, 0.2) is 0 Å². The zero-order valence-electron chi connectivity index (χ0n) is 10.6. The topological polar surface area (TPSA) is 81.7 Å². The molecule has 1 unspecified atom stereocenters. The predicted molar refractivity (Wildman–Crippen MR) is 64.1 cm³/mol. The van der Waals surface area contributed by atoms with E-state index in [1.807, 2.05) is 5.32 Å². The molecule has 21 heavy (non-hydrogen) atoms. The van der Waals surface area contributed by atoms with Crippen LogP contribution < -0.4 is 10.7 Å². The molecule has 1 aliphatic heterocycles. The Kier molecular flexibility index (Phi) is 4.14. The van der Waals surface area contributed by atoms with E-state index in [0.29, 0.717) is 5.56 Å². The van der Waals surface area contributed by atoms with E-state index in [2.05, 4.69) is 5.43 Å². The minimum Gasteiger partial charge on any atom is -0.360 e. The second-order valence-corrected chi connectivity index (χ2v) is 4.43. The number of aliphatic hydroxyl groups is 1. The highest BCUT2D eigenvalue weighted by molar-refractivity contribution is 6.35. The predicted octanol–water partition coefficient (Wildman–Crippen LogP) is -0.0132. The van der Waals surface area contributed by atoms with E-state index in [1.54, 1.807) is 0 Å². The highest BCUT2D eigenvalue weighted by Crippen LogP contribution is 2.29. The molecule has 0 spiro atoms. The summed E-state index contributed by atoms with van der Waals surface area (Å²) in [5, 5.41) is 12.6. The fourth-order valence-corrected chi connectivity index (χ4v) is 1.83. The van der Waals surface area contributed by atoms with E-state index in [4.69, 9.17) is 0 Å². The monoisotopic (exact) mass is 303 g/mol. The van der Waals surface area contributed by atoms with Crippen LogP contribution in [0, 0.1) is 0 Å². The number of hydrogen-bond acceptors (Lipinski definition) is 4. The highest BCUT2D eigenvalue weighted by Gasteiger charge is 2.31. The largest absolute Gasteiger partial charge is 0.416 e. The van der Waals surface area contributed by atoms with Crippen LogP contribution in [0.2, 0.25) is 0 Å². The van der Waals surface area contributed by atoms with Gasteiger partial charge in [-0.15, -0.1) is 0 Å². The Balaban J connectivity index is 2.00. The molecule has 114 valence electrons. The van der Waals surface area contributed by atoms with Crippen LogP contribution in [0.1, 0.15) is 11.1 Å². The van der Waals surface area contributed by atoms with Crippen molar-refractivity contribution in [3.63, 3.8) is 0 Å². The molecule has 6 nitrogen and oxygen atoms in total. The summed E-state index contributed by atoms with van der Waals surface area (Å²) in [7, 11) is 0. The standard InChI is InChI=1S/C12H12F3N3O3/c13-12(14,15)8-3-1-2-7(6-8)4-5-18-11(21)16-9(19)10(20)17-18/h1-3,6,11,21H,4-5H2,(H,16,19)(H,17,20). The van der Waals surface area contributed by atoms with E-state index in [0.717, 1.165) is 17.1 Å². The van der Waals surface area contributed by atoms with Crippen LogP contribution in [0.15, 0.2) is 24.3 Å². The molecular formula is C12H12F3N3O3. The molecule has 2 amide bonds. The maximum atomic E-state index is 12.6. The second-order valence-electron chi connectivity index (χ2n) is 4.43. The van der Waals surface area contributed by atoms with E-state index >= 15 is 0 Å². The lowest BCUT2D eigenvalue weighted by atomic mass is 10.1. The van der Waals surface area contributed by atoms with Crippen LogP contribution in [0.5, 0.6) is 0 Å². The van der Waals surface area contributed by atoms with Gasteiger partial charge >= 0.3 is 18.0 Å². The lowest BCUT2D eigenvalue weighted by Gasteiger charge is -2.32. The Hall–Kier alpha value is -2.13. The number of benzene rings is 1. The fourth-order valence-electron chi connectivity index (χ4n) is 1.83. The molecule has 9 heteroatoms. The number of halogens is 3. The molecule has 1 fully saturated rings. The van der Waals surface area contributed by atoms with Crippen molar-refractivity contribution in [2.45, 2.75) is 18.9 Å². The van der Waals surface area contributed by atoms with Gasteiger partial charge in [0.1, 0.15) is 0 Å². The van der Waals surface area contributed by atoms with Gasteiger partial charge in [-0.05, 0) is 18.1 Å². The van der Waals surface area contributed by atoms with Crippen molar-refractivity contribution in [2.24, 2.45) is 0 Å². The van der Waals surface area contributed by atoms with Gasteiger partial charge < -0.3 is 10.4 Å². The van der Waals surface area contributed by atoms with Gasteiger partial charge in [0, 0.05) is 6.54 Å². The molecule has 1 aromatic rings. The van der Waals surface area contributed by atoms with E-state index in [1.165, 1.54) is 12.1 Å². The van der Waals surface area contributed by atoms with E-state index in [-0.39, 0.29) is 13.0 Å². The van der Waals surface area contributed by atoms with E-state index < -0.39 is 29.9 Å². The Morgan fingerprint density at radius 3 is 2.62 bits per heavy atom. The number of hydrazine groups is 1. The van der Waals surface area contributed by atoms with Gasteiger partial charge in [-0.25, -0.2) is 0 Å². The molecule has 1 saturated heterocycles. The Labute approximate surface area is 117 Å². The molecule has 0 aromatic heterocycles. The number of nitrogens with one attached hydrogen (secondary N) is 2. The molecule has 1 atom stereocenters. The van der Waals surface area contributed by atoms with Crippen LogP contribution in [0.4, 0.5) is 13.2 Å². The maximum Gasteiger partial charge on any atom is 0.416 e. The van der Waals surface area contributed by atoms with Crippen LogP contribution in [0.3, 0.4) is 0 Å². The Bertz CT molecular complexity index is 562. The summed E-state index contributed by atoms with van der Waals surface area (Å²) in [6.45, 7) is 0.0362. The number of rotatable bonds is 3. The minimum atomic E-state index is -4.43. The van der Waals surface area contributed by atoms with Gasteiger partial charge in [0.05, 0.1) is 5.56 Å². The Morgan fingerprint density at radius 1 is 1.24 bits per heavy atom. The summed E-state index contributed by atoms with van der Waals surface area (Å²) in [6, 6.07) is 4.75. The van der Waals surface area contributed by atoms with Gasteiger partial charge in [-0.2, -0.15) is 18.2 Å². The number of carbonyl (C=O) groups excluding carboxylic acids is 2. The summed E-state index contributed by atoms with van der Waals surface area (Å²) >= 11 is 0. The van der Waals surface area contributed by atoms with Crippen molar-refractivity contribution >= 4 is 11.8 Å². The van der Waals surface area contributed by atoms with Crippen molar-refractivity contribution in [3.8, 4) is 0 Å². The summed E-state index contributed by atoms with van der Waals surface area (Å²) < 4.78 is 37.7. The first-order valence-electron chi connectivity index (χ1n) is 6.00. The Morgan fingerprint density at radius 2 is 1.95 bits per heavy atom. The molecule has 1 aliphatic rings. The van der Waals surface area contributed by atoms with Gasteiger partial charge in [0.2, 0.25) is 6.35 Å². The molecule has 2 rings (SSSR count). The molecule has 0 aliphatic carbocycles. The first-order valence-corrected chi connectivity index (χ1v) is 6.00. The maximum absolute atomic E-state index is 12.6. The zero-order chi connectivity index (χ0) is 15.6. The second kappa shape index (κ2) is 5.70. The zero-order valence-corrected chi connectivity index (χ0v) is 10.6. The van der Waals surface area contributed by atoms with Gasteiger partial charge in [-0.3, -0.25) is 15.0 Å². The van der Waals surface area contributed by atoms with Crippen LogP contribution in [-0.2, 0) is 22.2 Å². The van der Waals surface area contributed by atoms with Crippen molar-refractivity contribution in [3.05, 3.63) is 35.4 Å². The number of nitrogens with zero attached hydrogens (tertiary/aromatic N) is 1. The summed E-state index contributed by atoms with van der Waals surface area (Å²) in [6.07, 6.45) is -5.69. The lowest BCUT2D eigenvalue weighted by molar-refractivity contribution is -0.160. The minimum absolute atomic E-state index is 0.0362. The SMILES string of the molecule is O=C1NC(O)N(CCc2cccc(C(F)(F)F)c2)NC1=O. The van der Waals surface area contributed by atoms with E-state index in [9.17, 15) is 27.9 Å². The highest BCUT2D eigenvalue weighted by atomic mass is 19.4. The first-order chi connectivity index (χ1) is 9.77. The first kappa shape index (κ1) is 15.3. The van der Waals surface area contributed by atoms with Crippen LogP contribution in [-0.4, -0.2) is 34.8 Å². The van der Waals surface area contributed by atoms with Crippen molar-refractivity contribution in [1.29, 1.82) is 0 Å². The van der Waals surface area contributed by atoms with Crippen molar-refractivity contribution in [1.82, 2.24) is 15.8 Å². The molecule has 0 radical (unpaired) electrons. The molecule has 0 bridgehead atoms. The number of amides is 2. The average molecular weight is 303 g/mol. The summed E-state index contributed by atoms with van der Waals surface area (Å²) in [4.78, 5) is 22.1. The third-order valence-electron chi connectivity index (χ3n) is 2.90. The third-order valence-corrected chi connectivity index (χ3v) is 2.90.